The van der Waals surface area contributed by atoms with Crippen molar-refractivity contribution in [2.45, 2.75) is 19.1 Å². The van der Waals surface area contributed by atoms with Crippen LogP contribution in [-0.2, 0) is 11.0 Å². The van der Waals surface area contributed by atoms with E-state index in [0.29, 0.717) is 5.69 Å². The maximum Gasteiger partial charge on any atom is 0.418 e. The molecule has 0 spiro atoms. The molecule has 7 heteroatoms. The van der Waals surface area contributed by atoms with E-state index in [-0.39, 0.29) is 5.69 Å². The summed E-state index contributed by atoms with van der Waals surface area (Å²) < 4.78 is 39.6. The van der Waals surface area contributed by atoms with Crippen molar-refractivity contribution >= 4 is 33.2 Å². The molecule has 0 aliphatic carbocycles. The van der Waals surface area contributed by atoms with Gasteiger partial charge in [0.1, 0.15) is 6.04 Å². The van der Waals surface area contributed by atoms with Crippen LogP contribution in [0, 0.1) is 0 Å². The molecule has 2 N–H and O–H groups in total. The van der Waals surface area contributed by atoms with Crippen molar-refractivity contribution in [3.63, 3.8) is 0 Å². The summed E-state index contributed by atoms with van der Waals surface area (Å²) in [5, 5.41) is 5.25. The highest BCUT2D eigenvalue weighted by Crippen LogP contribution is 2.34. The molecule has 0 heterocycles. The number of carbonyl (C=O) groups is 1. The zero-order chi connectivity index (χ0) is 17.0. The summed E-state index contributed by atoms with van der Waals surface area (Å²) in [5.74, 6) is -0.551. The molecular formula is C16H14BrF3N2O. The van der Waals surface area contributed by atoms with E-state index in [4.69, 9.17) is 0 Å². The van der Waals surface area contributed by atoms with Crippen LogP contribution in [0.1, 0.15) is 12.5 Å². The van der Waals surface area contributed by atoms with Crippen molar-refractivity contribution in [3.8, 4) is 0 Å². The Kier molecular flexibility index (Phi) is 5.30. The molecule has 0 unspecified atom stereocenters. The first-order chi connectivity index (χ1) is 10.8. The molecule has 0 saturated heterocycles. The Morgan fingerprint density at radius 3 is 2.30 bits per heavy atom. The van der Waals surface area contributed by atoms with Crippen LogP contribution >= 0.6 is 15.9 Å². The van der Waals surface area contributed by atoms with Gasteiger partial charge >= 0.3 is 6.18 Å². The molecule has 1 amide bonds. The van der Waals surface area contributed by atoms with E-state index >= 15 is 0 Å². The van der Waals surface area contributed by atoms with Crippen LogP contribution in [-0.4, -0.2) is 11.9 Å². The number of nitrogens with one attached hydrogen (secondary N) is 2. The van der Waals surface area contributed by atoms with E-state index in [1.165, 1.54) is 18.2 Å². The van der Waals surface area contributed by atoms with Crippen molar-refractivity contribution in [1.82, 2.24) is 0 Å². The summed E-state index contributed by atoms with van der Waals surface area (Å²) >= 11 is 3.30. The summed E-state index contributed by atoms with van der Waals surface area (Å²) in [6, 6.07) is 11.3. The number of halogens is 4. The Bertz CT molecular complexity index is 686. The SMILES string of the molecule is C[C@H](Nc1ccc(Br)cc1)C(=O)Nc1ccccc1C(F)(F)F. The Balaban J connectivity index is 2.08. The summed E-state index contributed by atoms with van der Waals surface area (Å²) in [7, 11) is 0. The van der Waals surface area contributed by atoms with Crippen LogP contribution in [0.25, 0.3) is 0 Å². The highest BCUT2D eigenvalue weighted by molar-refractivity contribution is 9.10. The minimum absolute atomic E-state index is 0.255. The van der Waals surface area contributed by atoms with Gasteiger partial charge in [-0.15, -0.1) is 0 Å². The van der Waals surface area contributed by atoms with Crippen LogP contribution in [0.5, 0.6) is 0 Å². The van der Waals surface area contributed by atoms with Crippen molar-refractivity contribution in [1.29, 1.82) is 0 Å². The summed E-state index contributed by atoms with van der Waals surface area (Å²) in [4.78, 5) is 12.1. The highest BCUT2D eigenvalue weighted by atomic mass is 79.9. The minimum atomic E-state index is -4.52. The fraction of sp³-hybridized carbons (Fsp3) is 0.188. The molecule has 0 aliphatic rings. The van der Waals surface area contributed by atoms with Crippen molar-refractivity contribution in [3.05, 3.63) is 58.6 Å². The molecule has 0 aromatic heterocycles. The minimum Gasteiger partial charge on any atom is -0.374 e. The van der Waals surface area contributed by atoms with Gasteiger partial charge in [0, 0.05) is 10.2 Å². The number of hydrogen-bond donors (Lipinski definition) is 2. The van der Waals surface area contributed by atoms with E-state index in [2.05, 4.69) is 26.6 Å². The molecule has 23 heavy (non-hydrogen) atoms. The third kappa shape index (κ3) is 4.72. The second-order valence-corrected chi connectivity index (χ2v) is 5.82. The van der Waals surface area contributed by atoms with Crippen LogP contribution in [0.3, 0.4) is 0 Å². The first-order valence-corrected chi connectivity index (χ1v) is 7.56. The van der Waals surface area contributed by atoms with Gasteiger partial charge in [0.15, 0.2) is 0 Å². The monoisotopic (exact) mass is 386 g/mol. The van der Waals surface area contributed by atoms with Crippen LogP contribution in [0.15, 0.2) is 53.0 Å². The number of anilines is 2. The third-order valence-corrected chi connectivity index (χ3v) is 3.64. The lowest BCUT2D eigenvalue weighted by Gasteiger charge is -2.18. The lowest BCUT2D eigenvalue weighted by Crippen LogP contribution is -2.32. The maximum absolute atomic E-state index is 12.9. The first-order valence-electron chi connectivity index (χ1n) is 6.76. The van der Waals surface area contributed by atoms with Crippen molar-refractivity contribution in [2.24, 2.45) is 0 Å². The zero-order valence-electron chi connectivity index (χ0n) is 12.1. The number of alkyl halides is 3. The fourth-order valence-corrected chi connectivity index (χ4v) is 2.21. The number of amides is 1. The molecule has 122 valence electrons. The Morgan fingerprint density at radius 2 is 1.70 bits per heavy atom. The predicted molar refractivity (Wildman–Crippen MR) is 87.3 cm³/mol. The van der Waals surface area contributed by atoms with Gasteiger partial charge in [0.2, 0.25) is 5.91 Å². The lowest BCUT2D eigenvalue weighted by molar-refractivity contribution is -0.137. The number of benzene rings is 2. The van der Waals surface area contributed by atoms with Crippen molar-refractivity contribution < 1.29 is 18.0 Å². The van der Waals surface area contributed by atoms with E-state index < -0.39 is 23.7 Å². The van der Waals surface area contributed by atoms with Gasteiger partial charge < -0.3 is 10.6 Å². The number of carbonyl (C=O) groups excluding carboxylic acids is 1. The second kappa shape index (κ2) is 7.04. The van der Waals surface area contributed by atoms with Gasteiger partial charge in [0.25, 0.3) is 0 Å². The largest absolute Gasteiger partial charge is 0.418 e. The van der Waals surface area contributed by atoms with Gasteiger partial charge in [-0.1, -0.05) is 28.1 Å². The number of para-hydroxylation sites is 1. The molecular weight excluding hydrogens is 373 g/mol. The lowest BCUT2D eigenvalue weighted by atomic mass is 10.1. The average Bonchev–Trinajstić information content (AvgIpc) is 2.49. The van der Waals surface area contributed by atoms with Gasteiger partial charge in [-0.25, -0.2) is 0 Å². The Labute approximate surface area is 140 Å². The predicted octanol–water partition coefficient (Wildman–Crippen LogP) is 4.91. The Hall–Kier alpha value is -2.02. The normalized spacial score (nSPS) is 12.6. The van der Waals surface area contributed by atoms with E-state index in [1.807, 2.05) is 0 Å². The van der Waals surface area contributed by atoms with Gasteiger partial charge in [0.05, 0.1) is 11.3 Å². The van der Waals surface area contributed by atoms with E-state index in [1.54, 1.807) is 31.2 Å². The molecule has 0 fully saturated rings. The van der Waals surface area contributed by atoms with Crippen LogP contribution in [0.2, 0.25) is 0 Å². The van der Waals surface area contributed by atoms with Gasteiger partial charge in [-0.3, -0.25) is 4.79 Å². The number of hydrogen-bond acceptors (Lipinski definition) is 2. The van der Waals surface area contributed by atoms with Crippen LogP contribution < -0.4 is 10.6 Å². The number of rotatable bonds is 4. The topological polar surface area (TPSA) is 41.1 Å². The molecule has 0 bridgehead atoms. The fourth-order valence-electron chi connectivity index (χ4n) is 1.94. The molecule has 0 saturated carbocycles. The van der Waals surface area contributed by atoms with Crippen molar-refractivity contribution in [2.75, 3.05) is 10.6 Å². The third-order valence-electron chi connectivity index (χ3n) is 3.11. The van der Waals surface area contributed by atoms with Gasteiger partial charge in [-0.2, -0.15) is 13.2 Å². The Morgan fingerprint density at radius 1 is 1.09 bits per heavy atom. The van der Waals surface area contributed by atoms with Gasteiger partial charge in [-0.05, 0) is 43.3 Å². The molecule has 0 radical (unpaired) electrons. The average molecular weight is 387 g/mol. The molecule has 2 aromatic rings. The second-order valence-electron chi connectivity index (χ2n) is 4.91. The summed E-state index contributed by atoms with van der Waals surface area (Å²) in [5.41, 5.74) is -0.432. The summed E-state index contributed by atoms with van der Waals surface area (Å²) in [6.45, 7) is 1.58. The molecule has 2 aromatic carbocycles. The van der Waals surface area contributed by atoms with Crippen LogP contribution in [0.4, 0.5) is 24.5 Å². The molecule has 0 aliphatic heterocycles. The first kappa shape index (κ1) is 17.3. The van der Waals surface area contributed by atoms with E-state index in [0.717, 1.165) is 10.5 Å². The standard InChI is InChI=1S/C16H14BrF3N2O/c1-10(21-12-8-6-11(17)7-9-12)15(23)22-14-5-3-2-4-13(14)16(18,19)20/h2-10,21H,1H3,(H,22,23)/t10-/m0/s1. The molecule has 2 rings (SSSR count). The maximum atomic E-state index is 12.9. The quantitative estimate of drug-likeness (QED) is 0.783. The summed E-state index contributed by atoms with van der Waals surface area (Å²) in [6.07, 6.45) is -4.52. The molecule has 1 atom stereocenters. The highest BCUT2D eigenvalue weighted by Gasteiger charge is 2.33. The zero-order valence-corrected chi connectivity index (χ0v) is 13.7. The smallest absolute Gasteiger partial charge is 0.374 e. The molecule has 3 nitrogen and oxygen atoms in total. The van der Waals surface area contributed by atoms with E-state index in [9.17, 15) is 18.0 Å².